The van der Waals surface area contributed by atoms with Gasteiger partial charge in [0, 0.05) is 5.41 Å². The first-order chi connectivity index (χ1) is 10.2. The Morgan fingerprint density at radius 1 is 0.810 bits per heavy atom. The van der Waals surface area contributed by atoms with E-state index in [2.05, 4.69) is 74.5 Å². The molecule has 0 nitrogen and oxygen atoms in total. The van der Waals surface area contributed by atoms with Crippen molar-refractivity contribution < 1.29 is 0 Å². The molecule has 0 bridgehead atoms. The summed E-state index contributed by atoms with van der Waals surface area (Å²) < 4.78 is 0. The number of hydrogen-bond donors (Lipinski definition) is 0. The Kier molecular flexibility index (Phi) is 3.89. The molecule has 0 heterocycles. The molecule has 1 saturated carbocycles. The van der Waals surface area contributed by atoms with Crippen LogP contribution in [0.4, 0.5) is 0 Å². The van der Waals surface area contributed by atoms with Gasteiger partial charge in [0.25, 0.3) is 0 Å². The summed E-state index contributed by atoms with van der Waals surface area (Å²) in [5, 5.41) is 0. The van der Waals surface area contributed by atoms with Gasteiger partial charge >= 0.3 is 0 Å². The number of rotatable bonds is 6. The molecule has 1 atom stereocenters. The molecule has 0 N–H and O–H groups in total. The summed E-state index contributed by atoms with van der Waals surface area (Å²) in [5.41, 5.74) is 3.65. The zero-order valence-corrected chi connectivity index (χ0v) is 13.3. The van der Waals surface area contributed by atoms with Crippen LogP contribution in [0.5, 0.6) is 0 Å². The van der Waals surface area contributed by atoms with Gasteiger partial charge in [0.15, 0.2) is 0 Å². The monoisotopic (exact) mass is 278 g/mol. The molecule has 21 heavy (non-hydrogen) atoms. The highest BCUT2D eigenvalue weighted by Crippen LogP contribution is 2.70. The number of benzene rings is 2. The maximum absolute atomic E-state index is 2.49. The van der Waals surface area contributed by atoms with Crippen LogP contribution in [0.1, 0.15) is 57.1 Å². The van der Waals surface area contributed by atoms with E-state index in [0.29, 0.717) is 5.41 Å². The maximum atomic E-state index is 2.49. The van der Waals surface area contributed by atoms with E-state index in [4.69, 9.17) is 0 Å². The van der Waals surface area contributed by atoms with Crippen LogP contribution in [0.25, 0.3) is 0 Å². The Balaban J connectivity index is 1.96. The Morgan fingerprint density at radius 2 is 1.33 bits per heavy atom. The second kappa shape index (κ2) is 5.67. The lowest BCUT2D eigenvalue weighted by atomic mass is 9.79. The molecule has 2 aromatic carbocycles. The third-order valence-corrected chi connectivity index (χ3v) is 5.43. The van der Waals surface area contributed by atoms with Gasteiger partial charge in [-0.3, -0.25) is 0 Å². The summed E-state index contributed by atoms with van der Waals surface area (Å²) >= 11 is 0. The topological polar surface area (TPSA) is 0 Å². The average Bonchev–Trinajstić information content (AvgIpc) is 3.17. The van der Waals surface area contributed by atoms with Crippen molar-refractivity contribution in [1.29, 1.82) is 0 Å². The van der Waals surface area contributed by atoms with E-state index in [9.17, 15) is 0 Å². The van der Waals surface area contributed by atoms with E-state index >= 15 is 0 Å². The summed E-state index contributed by atoms with van der Waals surface area (Å²) in [5.74, 6) is 0. The van der Waals surface area contributed by atoms with Crippen molar-refractivity contribution in [2.75, 3.05) is 0 Å². The van der Waals surface area contributed by atoms with Gasteiger partial charge in [-0.15, -0.1) is 0 Å². The fraction of sp³-hybridized carbons (Fsp3) is 0.429. The van der Waals surface area contributed by atoms with Gasteiger partial charge in [-0.05, 0) is 29.4 Å². The van der Waals surface area contributed by atoms with Crippen molar-refractivity contribution in [3.8, 4) is 0 Å². The molecule has 0 radical (unpaired) electrons. The molecule has 0 amide bonds. The Labute approximate surface area is 129 Å². The molecule has 1 aliphatic rings. The van der Waals surface area contributed by atoms with Crippen molar-refractivity contribution in [2.45, 2.75) is 51.4 Å². The highest BCUT2D eigenvalue weighted by Gasteiger charge is 2.64. The summed E-state index contributed by atoms with van der Waals surface area (Å²) in [6, 6.07) is 22.3. The molecule has 0 saturated heterocycles. The maximum Gasteiger partial charge on any atom is 0.0262 e. The first-order valence-electron chi connectivity index (χ1n) is 8.34. The molecule has 0 aliphatic heterocycles. The van der Waals surface area contributed by atoms with Crippen LogP contribution in [0.2, 0.25) is 0 Å². The van der Waals surface area contributed by atoms with Crippen molar-refractivity contribution in [3.05, 3.63) is 71.8 Å². The second-order valence-electron chi connectivity index (χ2n) is 6.83. The summed E-state index contributed by atoms with van der Waals surface area (Å²) in [6.45, 7) is 4.78. The lowest BCUT2D eigenvalue weighted by Gasteiger charge is -2.24. The van der Waals surface area contributed by atoms with Crippen LogP contribution in [0.15, 0.2) is 60.7 Å². The third-order valence-electron chi connectivity index (χ3n) is 5.43. The summed E-state index contributed by atoms with van der Waals surface area (Å²) in [6.07, 6.45) is 6.64. The first kappa shape index (κ1) is 14.4. The SMILES string of the molecule is CCCCC[C@]1(C)CC1(c1ccccc1)c1ccccc1. The zero-order chi connectivity index (χ0) is 14.8. The molecule has 0 aromatic heterocycles. The minimum absolute atomic E-state index is 0.239. The number of hydrogen-bond acceptors (Lipinski definition) is 0. The minimum Gasteiger partial charge on any atom is -0.0654 e. The van der Waals surface area contributed by atoms with E-state index in [-0.39, 0.29) is 5.41 Å². The van der Waals surface area contributed by atoms with Crippen LogP contribution in [-0.4, -0.2) is 0 Å². The third kappa shape index (κ3) is 2.41. The normalized spacial score (nSPS) is 23.0. The summed E-state index contributed by atoms with van der Waals surface area (Å²) in [7, 11) is 0. The fourth-order valence-corrected chi connectivity index (χ4v) is 4.12. The molecule has 1 aliphatic carbocycles. The van der Waals surface area contributed by atoms with E-state index in [1.54, 1.807) is 0 Å². The lowest BCUT2D eigenvalue weighted by molar-refractivity contribution is 0.429. The molecule has 3 rings (SSSR count). The van der Waals surface area contributed by atoms with Gasteiger partial charge in [-0.1, -0.05) is 93.8 Å². The molecule has 0 spiro atoms. The molecular formula is C21H26. The van der Waals surface area contributed by atoms with E-state index in [1.165, 1.54) is 43.2 Å². The highest BCUT2D eigenvalue weighted by molar-refractivity contribution is 5.49. The van der Waals surface area contributed by atoms with Crippen molar-refractivity contribution in [3.63, 3.8) is 0 Å². The minimum atomic E-state index is 0.239. The smallest absolute Gasteiger partial charge is 0.0262 e. The number of unbranched alkanes of at least 4 members (excludes halogenated alkanes) is 2. The van der Waals surface area contributed by atoms with Gasteiger partial charge in [-0.2, -0.15) is 0 Å². The molecule has 2 aromatic rings. The predicted octanol–water partition coefficient (Wildman–Crippen LogP) is 5.96. The highest BCUT2D eigenvalue weighted by atomic mass is 14.7. The van der Waals surface area contributed by atoms with Crippen LogP contribution in [0.3, 0.4) is 0 Å². The molecule has 0 unspecified atom stereocenters. The van der Waals surface area contributed by atoms with Gasteiger partial charge < -0.3 is 0 Å². The van der Waals surface area contributed by atoms with Gasteiger partial charge in [0.1, 0.15) is 0 Å². The molecule has 110 valence electrons. The van der Waals surface area contributed by atoms with Crippen molar-refractivity contribution in [1.82, 2.24) is 0 Å². The Morgan fingerprint density at radius 3 is 1.81 bits per heavy atom. The first-order valence-corrected chi connectivity index (χ1v) is 8.34. The molecule has 1 fully saturated rings. The Bertz CT molecular complexity index is 530. The van der Waals surface area contributed by atoms with Crippen LogP contribution < -0.4 is 0 Å². The Hall–Kier alpha value is -1.56. The van der Waals surface area contributed by atoms with E-state index < -0.39 is 0 Å². The largest absolute Gasteiger partial charge is 0.0654 e. The van der Waals surface area contributed by atoms with E-state index in [1.807, 2.05) is 0 Å². The zero-order valence-electron chi connectivity index (χ0n) is 13.3. The van der Waals surface area contributed by atoms with Gasteiger partial charge in [-0.25, -0.2) is 0 Å². The quantitative estimate of drug-likeness (QED) is 0.572. The summed E-state index contributed by atoms with van der Waals surface area (Å²) in [4.78, 5) is 0. The van der Waals surface area contributed by atoms with Crippen molar-refractivity contribution >= 4 is 0 Å². The molecular weight excluding hydrogens is 252 g/mol. The second-order valence-corrected chi connectivity index (χ2v) is 6.83. The van der Waals surface area contributed by atoms with Crippen molar-refractivity contribution in [2.24, 2.45) is 5.41 Å². The fourth-order valence-electron chi connectivity index (χ4n) is 4.12. The van der Waals surface area contributed by atoms with Gasteiger partial charge in [0.05, 0.1) is 0 Å². The van der Waals surface area contributed by atoms with Crippen LogP contribution >= 0.6 is 0 Å². The molecule has 0 heteroatoms. The van der Waals surface area contributed by atoms with Crippen LogP contribution in [-0.2, 0) is 5.41 Å². The standard InChI is InChI=1S/C21H26/c1-3-4-11-16-20(2)17-21(20,18-12-7-5-8-13-18)19-14-9-6-10-15-19/h5-10,12-15H,3-4,11,16-17H2,1-2H3/t20-/m1/s1. The van der Waals surface area contributed by atoms with Gasteiger partial charge in [0.2, 0.25) is 0 Å². The van der Waals surface area contributed by atoms with E-state index in [0.717, 1.165) is 0 Å². The average molecular weight is 278 g/mol. The van der Waals surface area contributed by atoms with Crippen LogP contribution in [0, 0.1) is 5.41 Å². The lowest BCUT2D eigenvalue weighted by Crippen LogP contribution is -2.18. The predicted molar refractivity (Wildman–Crippen MR) is 90.5 cm³/mol.